The average molecular weight is 217 g/mol. The van der Waals surface area contributed by atoms with Gasteiger partial charge in [-0.25, -0.2) is 0 Å². The third-order valence-corrected chi connectivity index (χ3v) is 2.50. The van der Waals surface area contributed by atoms with Gasteiger partial charge < -0.3 is 9.84 Å². The fourth-order valence-corrected chi connectivity index (χ4v) is 1.74. The molecule has 0 radical (unpaired) electrons. The number of hydrogen-bond acceptors (Lipinski definition) is 4. The Bertz CT molecular complexity index is 471. The van der Waals surface area contributed by atoms with Crippen molar-refractivity contribution in [2.24, 2.45) is 0 Å². The summed E-state index contributed by atoms with van der Waals surface area (Å²) in [5, 5.41) is 6.91. The Kier molecular flexibility index (Phi) is 3.01. The van der Waals surface area contributed by atoms with E-state index in [0.29, 0.717) is 18.3 Å². The molecule has 1 aromatic heterocycles. The second kappa shape index (κ2) is 4.45. The Hall–Kier alpha value is -1.68. The maximum atomic E-state index is 5.26. The van der Waals surface area contributed by atoms with E-state index >= 15 is 0 Å². The monoisotopic (exact) mass is 217 g/mol. The van der Waals surface area contributed by atoms with Gasteiger partial charge in [0.05, 0.1) is 6.54 Å². The summed E-state index contributed by atoms with van der Waals surface area (Å²) < 4.78 is 5.26. The molecule has 1 heterocycles. The first-order valence-electron chi connectivity index (χ1n) is 5.26. The molecule has 0 amide bonds. The molecule has 2 rings (SSSR count). The lowest BCUT2D eigenvalue weighted by Gasteiger charge is -2.03. The van der Waals surface area contributed by atoms with Crippen LogP contribution in [0.5, 0.6) is 0 Å². The van der Waals surface area contributed by atoms with Crippen LogP contribution in [-0.4, -0.2) is 17.2 Å². The normalized spacial score (nSPS) is 10.7. The van der Waals surface area contributed by atoms with Crippen molar-refractivity contribution in [3.05, 3.63) is 35.2 Å². The van der Waals surface area contributed by atoms with Gasteiger partial charge in [0.25, 0.3) is 5.89 Å². The number of aromatic nitrogens is 2. The van der Waals surface area contributed by atoms with Crippen molar-refractivity contribution < 1.29 is 4.52 Å². The van der Waals surface area contributed by atoms with Crippen LogP contribution in [-0.2, 0) is 6.54 Å². The highest BCUT2D eigenvalue weighted by Gasteiger charge is 2.12. The van der Waals surface area contributed by atoms with Gasteiger partial charge in [0.15, 0.2) is 5.82 Å². The molecule has 0 saturated carbocycles. The zero-order valence-electron chi connectivity index (χ0n) is 9.74. The summed E-state index contributed by atoms with van der Waals surface area (Å²) in [6.07, 6.45) is 0. The van der Waals surface area contributed by atoms with Crippen molar-refractivity contribution in [2.75, 3.05) is 7.05 Å². The highest BCUT2D eigenvalue weighted by atomic mass is 16.5. The third kappa shape index (κ3) is 1.97. The standard InChI is InChI=1S/C12H15N3O/c1-8-5-4-6-9(2)11(8)12-14-10(7-13-3)15-16-12/h4-6,13H,7H2,1-3H3. The molecule has 0 aliphatic heterocycles. The van der Waals surface area contributed by atoms with Gasteiger partial charge in [-0.2, -0.15) is 4.98 Å². The Balaban J connectivity index is 2.42. The van der Waals surface area contributed by atoms with Crippen molar-refractivity contribution >= 4 is 0 Å². The highest BCUT2D eigenvalue weighted by Crippen LogP contribution is 2.25. The van der Waals surface area contributed by atoms with Gasteiger partial charge in [-0.05, 0) is 32.0 Å². The Morgan fingerprint density at radius 1 is 1.25 bits per heavy atom. The van der Waals surface area contributed by atoms with Crippen LogP contribution in [0.25, 0.3) is 11.5 Å². The molecular formula is C12H15N3O. The molecule has 0 bridgehead atoms. The molecule has 0 atom stereocenters. The van der Waals surface area contributed by atoms with E-state index in [0.717, 1.165) is 16.7 Å². The predicted octanol–water partition coefficient (Wildman–Crippen LogP) is 2.07. The lowest BCUT2D eigenvalue weighted by atomic mass is 10.0. The molecule has 4 heteroatoms. The molecule has 0 aliphatic rings. The van der Waals surface area contributed by atoms with E-state index in [-0.39, 0.29) is 0 Å². The molecule has 0 aliphatic carbocycles. The van der Waals surface area contributed by atoms with Gasteiger partial charge in [0.1, 0.15) is 0 Å². The average Bonchev–Trinajstić information content (AvgIpc) is 2.67. The Morgan fingerprint density at radius 3 is 2.56 bits per heavy atom. The van der Waals surface area contributed by atoms with Crippen molar-refractivity contribution in [3.63, 3.8) is 0 Å². The lowest BCUT2D eigenvalue weighted by Crippen LogP contribution is -2.06. The quantitative estimate of drug-likeness (QED) is 0.855. The summed E-state index contributed by atoms with van der Waals surface area (Å²) in [5.41, 5.74) is 3.34. The number of hydrogen-bond donors (Lipinski definition) is 1. The molecular weight excluding hydrogens is 202 g/mol. The lowest BCUT2D eigenvalue weighted by molar-refractivity contribution is 0.420. The van der Waals surface area contributed by atoms with Gasteiger partial charge in [0, 0.05) is 5.56 Å². The maximum Gasteiger partial charge on any atom is 0.258 e. The molecule has 0 unspecified atom stereocenters. The maximum absolute atomic E-state index is 5.26. The summed E-state index contributed by atoms with van der Waals surface area (Å²) in [4.78, 5) is 4.35. The molecule has 0 spiro atoms. The van der Waals surface area contributed by atoms with Gasteiger partial charge >= 0.3 is 0 Å². The Labute approximate surface area is 94.7 Å². The summed E-state index contributed by atoms with van der Waals surface area (Å²) >= 11 is 0. The predicted molar refractivity (Wildman–Crippen MR) is 62.0 cm³/mol. The van der Waals surface area contributed by atoms with Crippen molar-refractivity contribution in [1.29, 1.82) is 0 Å². The number of benzene rings is 1. The van der Waals surface area contributed by atoms with E-state index in [4.69, 9.17) is 4.52 Å². The van der Waals surface area contributed by atoms with Gasteiger partial charge in [-0.1, -0.05) is 23.4 Å². The number of nitrogens with zero attached hydrogens (tertiary/aromatic N) is 2. The Morgan fingerprint density at radius 2 is 1.94 bits per heavy atom. The van der Waals surface area contributed by atoms with Crippen LogP contribution in [0, 0.1) is 13.8 Å². The zero-order chi connectivity index (χ0) is 11.5. The van der Waals surface area contributed by atoms with E-state index in [1.54, 1.807) is 0 Å². The summed E-state index contributed by atoms with van der Waals surface area (Å²) in [5.74, 6) is 1.28. The van der Waals surface area contributed by atoms with E-state index in [2.05, 4.69) is 15.5 Å². The topological polar surface area (TPSA) is 51.0 Å². The molecule has 1 aromatic carbocycles. The van der Waals surface area contributed by atoms with Gasteiger partial charge in [0.2, 0.25) is 0 Å². The summed E-state index contributed by atoms with van der Waals surface area (Å²) in [6, 6.07) is 6.12. The second-order valence-corrected chi connectivity index (χ2v) is 3.81. The van der Waals surface area contributed by atoms with Crippen LogP contribution >= 0.6 is 0 Å². The van der Waals surface area contributed by atoms with Crippen molar-refractivity contribution in [2.45, 2.75) is 20.4 Å². The number of aryl methyl sites for hydroxylation is 2. The molecule has 0 fully saturated rings. The molecule has 0 saturated heterocycles. The number of rotatable bonds is 3. The van der Waals surface area contributed by atoms with E-state index < -0.39 is 0 Å². The van der Waals surface area contributed by atoms with Crippen molar-refractivity contribution in [3.8, 4) is 11.5 Å². The second-order valence-electron chi connectivity index (χ2n) is 3.81. The van der Waals surface area contributed by atoms with E-state index in [9.17, 15) is 0 Å². The first-order chi connectivity index (χ1) is 7.72. The van der Waals surface area contributed by atoms with Crippen LogP contribution in [0.15, 0.2) is 22.7 Å². The SMILES string of the molecule is CNCc1noc(-c2c(C)cccc2C)n1. The summed E-state index contributed by atoms with van der Waals surface area (Å²) in [7, 11) is 1.86. The van der Waals surface area contributed by atoms with Crippen LogP contribution in [0.1, 0.15) is 17.0 Å². The minimum absolute atomic E-state index is 0.598. The zero-order valence-corrected chi connectivity index (χ0v) is 9.74. The van der Waals surface area contributed by atoms with E-state index in [1.165, 1.54) is 0 Å². The van der Waals surface area contributed by atoms with Crippen molar-refractivity contribution in [1.82, 2.24) is 15.5 Å². The van der Waals surface area contributed by atoms with Crippen LogP contribution in [0.3, 0.4) is 0 Å². The molecule has 4 nitrogen and oxygen atoms in total. The molecule has 84 valence electrons. The van der Waals surface area contributed by atoms with E-state index in [1.807, 2.05) is 39.1 Å². The highest BCUT2D eigenvalue weighted by molar-refractivity contribution is 5.62. The molecule has 1 N–H and O–H groups in total. The van der Waals surface area contributed by atoms with Crippen LogP contribution in [0.2, 0.25) is 0 Å². The first-order valence-corrected chi connectivity index (χ1v) is 5.26. The minimum atomic E-state index is 0.598. The van der Waals surface area contributed by atoms with Gasteiger partial charge in [-0.3, -0.25) is 0 Å². The minimum Gasteiger partial charge on any atom is -0.334 e. The largest absolute Gasteiger partial charge is 0.334 e. The van der Waals surface area contributed by atoms with Crippen LogP contribution < -0.4 is 5.32 Å². The first kappa shape index (κ1) is 10.8. The third-order valence-electron chi connectivity index (χ3n) is 2.50. The van der Waals surface area contributed by atoms with Crippen LogP contribution in [0.4, 0.5) is 0 Å². The fourth-order valence-electron chi connectivity index (χ4n) is 1.74. The number of nitrogens with one attached hydrogen (secondary N) is 1. The summed E-state index contributed by atoms with van der Waals surface area (Å²) in [6.45, 7) is 4.71. The van der Waals surface area contributed by atoms with Gasteiger partial charge in [-0.15, -0.1) is 0 Å². The smallest absolute Gasteiger partial charge is 0.258 e. The fraction of sp³-hybridized carbons (Fsp3) is 0.333. The molecule has 2 aromatic rings. The molecule has 16 heavy (non-hydrogen) atoms.